The Hall–Kier alpha value is -4.57. The number of unbranched alkanes of at least 4 members (excludes halogenated alkanes) is 16. The first-order valence-electron chi connectivity index (χ1n) is 34.1. The van der Waals surface area contributed by atoms with Crippen LogP contribution in [0.15, 0.2) is 146 Å². The van der Waals surface area contributed by atoms with E-state index < -0.39 is 91.5 Å². The van der Waals surface area contributed by atoms with Gasteiger partial charge in [0.2, 0.25) is 0 Å². The van der Waals surface area contributed by atoms with Crippen LogP contribution in [0.25, 0.3) is 0 Å². The highest BCUT2D eigenvalue weighted by molar-refractivity contribution is 7.47. The Kier molecular flexibility index (Phi) is 62.2. The molecule has 0 fully saturated rings. The standard InChI is InChI=1S/C73H120O16P2/c1-4-7-10-13-16-19-22-25-28-30-31-32-33-34-35-37-40-41-44-47-50-53-56-59-71(76)83-62-68(74)63-85-90(79,80)86-64-69(75)65-87-91(81,82)88-67-70(89-73(78)61-58-55-52-49-46-43-38-27-24-21-18-15-12-9-6-3)66-84-72(77)60-57-54-51-48-45-42-39-36-29-26-23-20-17-14-11-8-5-2/h7-8,10-11,16-17,19-20,25-29,31-32,34-35,38-42,48,51,68-70,74-75H,4-6,9,12-15,18,21-24,30,33,36-37,43-47,49-50,52-67H2,1-3H3,(H,79,80)(H,81,82)/b10-7-,11-8-,19-16-,20-17-,28-25-,29-26-,32-31-,35-34-,38-27-,41-40-,42-39-,51-48-. The smallest absolute Gasteiger partial charge is 0.463 e. The lowest BCUT2D eigenvalue weighted by molar-refractivity contribution is -0.161. The normalized spacial score (nSPS) is 15.1. The number of allylic oxidation sites excluding steroid dienone is 24. The van der Waals surface area contributed by atoms with Gasteiger partial charge in [-0.3, -0.25) is 32.5 Å². The second-order valence-electron chi connectivity index (χ2n) is 22.2. The molecule has 0 bridgehead atoms. The van der Waals surface area contributed by atoms with Gasteiger partial charge >= 0.3 is 33.6 Å². The highest BCUT2D eigenvalue weighted by Crippen LogP contribution is 2.45. The Labute approximate surface area is 549 Å². The summed E-state index contributed by atoms with van der Waals surface area (Å²) in [5, 5.41) is 20.5. The molecule has 4 N–H and O–H groups in total. The van der Waals surface area contributed by atoms with Crippen molar-refractivity contribution in [1.29, 1.82) is 0 Å². The van der Waals surface area contributed by atoms with Crippen LogP contribution in [0.3, 0.4) is 0 Å². The topological polar surface area (TPSA) is 231 Å². The first-order chi connectivity index (χ1) is 44.2. The molecule has 16 nitrogen and oxygen atoms in total. The summed E-state index contributed by atoms with van der Waals surface area (Å²) in [5.74, 6) is -1.69. The van der Waals surface area contributed by atoms with Crippen LogP contribution in [-0.4, -0.2) is 95.9 Å². The summed E-state index contributed by atoms with van der Waals surface area (Å²) >= 11 is 0. The van der Waals surface area contributed by atoms with E-state index in [-0.39, 0.29) is 19.3 Å². The Morgan fingerprint density at radius 2 is 0.593 bits per heavy atom. The van der Waals surface area contributed by atoms with Crippen molar-refractivity contribution in [2.75, 3.05) is 39.6 Å². The van der Waals surface area contributed by atoms with Gasteiger partial charge in [-0.25, -0.2) is 9.13 Å². The number of phosphoric acid groups is 2. The van der Waals surface area contributed by atoms with E-state index in [0.717, 1.165) is 135 Å². The van der Waals surface area contributed by atoms with Crippen molar-refractivity contribution in [3.63, 3.8) is 0 Å². The number of aliphatic hydroxyl groups excluding tert-OH is 2. The molecule has 91 heavy (non-hydrogen) atoms. The maximum atomic E-state index is 12.9. The molecule has 0 amide bonds. The van der Waals surface area contributed by atoms with Gasteiger partial charge in [-0.05, 0) is 135 Å². The lowest BCUT2D eigenvalue weighted by Crippen LogP contribution is -2.30. The zero-order chi connectivity index (χ0) is 66.7. The number of hydrogen-bond acceptors (Lipinski definition) is 14. The molecule has 5 unspecified atom stereocenters. The number of hydrogen-bond donors (Lipinski definition) is 4. The summed E-state index contributed by atoms with van der Waals surface area (Å²) in [5.41, 5.74) is 0. The Morgan fingerprint density at radius 3 is 0.978 bits per heavy atom. The zero-order valence-electron chi connectivity index (χ0n) is 56.0. The van der Waals surface area contributed by atoms with Gasteiger partial charge in [-0.2, -0.15) is 0 Å². The van der Waals surface area contributed by atoms with Crippen LogP contribution < -0.4 is 0 Å². The predicted molar refractivity (Wildman–Crippen MR) is 371 cm³/mol. The highest BCUT2D eigenvalue weighted by Gasteiger charge is 2.29. The van der Waals surface area contributed by atoms with Crippen LogP contribution in [0.1, 0.15) is 239 Å². The van der Waals surface area contributed by atoms with Gasteiger partial charge < -0.3 is 34.2 Å². The van der Waals surface area contributed by atoms with Crippen molar-refractivity contribution in [3.05, 3.63) is 146 Å². The van der Waals surface area contributed by atoms with Gasteiger partial charge in [0.25, 0.3) is 0 Å². The van der Waals surface area contributed by atoms with E-state index in [4.69, 9.17) is 32.3 Å². The summed E-state index contributed by atoms with van der Waals surface area (Å²) in [4.78, 5) is 58.3. The second-order valence-corrected chi connectivity index (χ2v) is 25.1. The van der Waals surface area contributed by atoms with Crippen molar-refractivity contribution in [3.8, 4) is 0 Å². The van der Waals surface area contributed by atoms with Crippen molar-refractivity contribution < 1.29 is 75.8 Å². The van der Waals surface area contributed by atoms with E-state index in [9.17, 15) is 43.5 Å². The fraction of sp³-hybridized carbons (Fsp3) is 0.630. The van der Waals surface area contributed by atoms with Crippen LogP contribution in [0.5, 0.6) is 0 Å². The average Bonchev–Trinajstić information content (AvgIpc) is 3.63. The Balaban J connectivity index is 4.72. The molecule has 0 saturated carbocycles. The quantitative estimate of drug-likeness (QED) is 0.0146. The van der Waals surface area contributed by atoms with Crippen LogP contribution in [-0.2, 0) is 55.8 Å². The van der Waals surface area contributed by atoms with Crippen LogP contribution in [0, 0.1) is 0 Å². The molecule has 0 radical (unpaired) electrons. The van der Waals surface area contributed by atoms with Gasteiger partial charge in [-0.15, -0.1) is 0 Å². The molecule has 0 aromatic carbocycles. The van der Waals surface area contributed by atoms with Crippen molar-refractivity contribution in [2.24, 2.45) is 0 Å². The molecular weight excluding hydrogens is 1190 g/mol. The SMILES string of the molecule is CC/C=C\C/C=C\C/C=C\C/C=C\C/C=C\C/C=C\CCCCCCC(=O)OCC(O)COP(=O)(O)OCC(O)COP(=O)(O)OCC(COC(=O)CCC/C=C\C/C=C\C/C=C\C/C=C\C/C=C\CC)OC(=O)CCCCCCC/C=C\CCCCCCCC. The first-order valence-corrected chi connectivity index (χ1v) is 37.1. The minimum atomic E-state index is -4.94. The molecule has 0 heterocycles. The molecule has 0 rings (SSSR count). The molecule has 0 spiro atoms. The molecule has 0 aromatic heterocycles. The van der Waals surface area contributed by atoms with Gasteiger partial charge in [-0.1, -0.05) is 231 Å². The Bertz CT molecular complexity index is 2240. The van der Waals surface area contributed by atoms with Crippen LogP contribution >= 0.6 is 15.6 Å². The van der Waals surface area contributed by atoms with Crippen molar-refractivity contribution in [1.82, 2.24) is 0 Å². The minimum absolute atomic E-state index is 0.0777. The zero-order valence-corrected chi connectivity index (χ0v) is 57.7. The van der Waals surface area contributed by atoms with E-state index in [1.165, 1.54) is 38.5 Å². The fourth-order valence-electron chi connectivity index (χ4n) is 8.37. The molecule has 0 aliphatic heterocycles. The second kappa shape index (κ2) is 65.5. The minimum Gasteiger partial charge on any atom is -0.463 e. The summed E-state index contributed by atoms with van der Waals surface area (Å²) in [6.45, 7) is 2.30. The summed E-state index contributed by atoms with van der Waals surface area (Å²) < 4.78 is 60.8. The van der Waals surface area contributed by atoms with Gasteiger partial charge in [0.05, 0.1) is 26.4 Å². The van der Waals surface area contributed by atoms with E-state index in [0.29, 0.717) is 25.7 Å². The van der Waals surface area contributed by atoms with Crippen molar-refractivity contribution in [2.45, 2.75) is 257 Å². The molecule has 0 aliphatic carbocycles. The summed E-state index contributed by atoms with van der Waals surface area (Å²) in [6.07, 6.45) is 77.6. The molecule has 518 valence electrons. The molecule has 0 aromatic rings. The summed E-state index contributed by atoms with van der Waals surface area (Å²) in [6, 6.07) is 0. The average molecular weight is 1320 g/mol. The Morgan fingerprint density at radius 1 is 0.319 bits per heavy atom. The molecular formula is C73H120O16P2. The van der Waals surface area contributed by atoms with Gasteiger partial charge in [0, 0.05) is 19.3 Å². The van der Waals surface area contributed by atoms with Crippen LogP contribution in [0.4, 0.5) is 0 Å². The number of ether oxygens (including phenoxy) is 3. The number of rotatable bonds is 63. The summed E-state index contributed by atoms with van der Waals surface area (Å²) in [7, 11) is -9.81. The number of aliphatic hydroxyl groups is 2. The van der Waals surface area contributed by atoms with Gasteiger partial charge in [0.1, 0.15) is 25.4 Å². The van der Waals surface area contributed by atoms with Gasteiger partial charge in [0.15, 0.2) is 6.10 Å². The monoisotopic (exact) mass is 1310 g/mol. The highest BCUT2D eigenvalue weighted by atomic mass is 31.2. The molecule has 5 atom stereocenters. The van der Waals surface area contributed by atoms with Crippen molar-refractivity contribution >= 4 is 33.6 Å². The number of esters is 3. The third-order valence-corrected chi connectivity index (χ3v) is 15.4. The van der Waals surface area contributed by atoms with E-state index >= 15 is 0 Å². The third-order valence-electron chi connectivity index (χ3n) is 13.5. The fourth-order valence-corrected chi connectivity index (χ4v) is 9.95. The lowest BCUT2D eigenvalue weighted by atomic mass is 10.1. The maximum absolute atomic E-state index is 12.9. The number of carbonyl (C=O) groups excluding carboxylic acids is 3. The number of carbonyl (C=O) groups is 3. The maximum Gasteiger partial charge on any atom is 0.472 e. The van der Waals surface area contributed by atoms with Crippen LogP contribution in [0.2, 0.25) is 0 Å². The third kappa shape index (κ3) is 66.7. The first kappa shape index (κ1) is 86.4. The van der Waals surface area contributed by atoms with E-state index in [1.807, 2.05) is 12.2 Å². The molecule has 0 aliphatic rings. The van der Waals surface area contributed by atoms with E-state index in [2.05, 4.69) is 154 Å². The lowest BCUT2D eigenvalue weighted by Gasteiger charge is -2.21. The molecule has 0 saturated heterocycles. The predicted octanol–water partition coefficient (Wildman–Crippen LogP) is 19.0. The number of phosphoric ester groups is 2. The molecule has 18 heteroatoms. The van der Waals surface area contributed by atoms with E-state index in [1.54, 1.807) is 0 Å². The largest absolute Gasteiger partial charge is 0.472 e.